The van der Waals surface area contributed by atoms with Gasteiger partial charge < -0.3 is 0 Å². The van der Waals surface area contributed by atoms with Crippen LogP contribution < -0.4 is 0 Å². The van der Waals surface area contributed by atoms with Crippen molar-refractivity contribution in [1.82, 2.24) is 0 Å². The number of rotatable bonds is 1. The fourth-order valence-electron chi connectivity index (χ4n) is 1.38. The summed E-state index contributed by atoms with van der Waals surface area (Å²) in [4.78, 5) is 0. The molecule has 2 aromatic carbocycles. The van der Waals surface area contributed by atoms with Gasteiger partial charge in [-0.25, -0.2) is 0 Å². The van der Waals surface area contributed by atoms with Crippen LogP contribution in [0, 0.1) is 0 Å². The summed E-state index contributed by atoms with van der Waals surface area (Å²) in [5.41, 5.74) is 2.34. The van der Waals surface area contributed by atoms with E-state index in [4.69, 9.17) is 0 Å². The normalized spacial score (nSPS) is 10.5. The van der Waals surface area contributed by atoms with Crippen LogP contribution in [0.1, 0.15) is 0 Å². The summed E-state index contributed by atoms with van der Waals surface area (Å²) >= 11 is 14.0. The molecule has 0 aromatic heterocycles. The summed E-state index contributed by atoms with van der Waals surface area (Å²) in [6.07, 6.45) is 0. The molecule has 0 heterocycles. The molecule has 0 aliphatic heterocycles. The van der Waals surface area contributed by atoms with Crippen molar-refractivity contribution in [3.63, 3.8) is 0 Å². The minimum absolute atomic E-state index is 1.05. The van der Waals surface area contributed by atoms with Crippen LogP contribution in [-0.2, 0) is 0 Å². The Morgan fingerprint density at radius 3 is 2.00 bits per heavy atom. The van der Waals surface area contributed by atoms with E-state index in [1.54, 1.807) is 0 Å². The van der Waals surface area contributed by atoms with Crippen molar-refractivity contribution in [2.24, 2.45) is 0 Å². The Morgan fingerprint density at radius 2 is 1.31 bits per heavy atom. The maximum absolute atomic E-state index is 3.56. The molecule has 0 spiro atoms. The van der Waals surface area contributed by atoms with Gasteiger partial charge in [0.15, 0.2) is 0 Å². The van der Waals surface area contributed by atoms with Crippen LogP contribution in [0.25, 0.3) is 11.1 Å². The van der Waals surface area contributed by atoms with E-state index in [0.29, 0.717) is 0 Å². The van der Waals surface area contributed by atoms with Gasteiger partial charge in [0.05, 0.1) is 0 Å². The molecule has 0 amide bonds. The predicted octanol–water partition coefficient (Wildman–Crippen LogP) is 6.40. The molecule has 0 N–H and O–H groups in total. The van der Waals surface area contributed by atoms with Crippen molar-refractivity contribution >= 4 is 63.7 Å². The molecule has 0 saturated carbocycles. The Hall–Kier alpha value is 0.360. The summed E-state index contributed by atoms with van der Waals surface area (Å²) in [7, 11) is 0. The highest BCUT2D eigenvalue weighted by Gasteiger charge is 2.05. The van der Waals surface area contributed by atoms with Crippen molar-refractivity contribution in [3.8, 4) is 11.1 Å². The van der Waals surface area contributed by atoms with E-state index >= 15 is 0 Å². The molecule has 0 aliphatic carbocycles. The molecule has 4 heteroatoms. The molecule has 2 rings (SSSR count). The first kappa shape index (κ1) is 12.8. The lowest BCUT2D eigenvalue weighted by molar-refractivity contribution is 1.52. The van der Waals surface area contributed by atoms with Gasteiger partial charge in [-0.05, 0) is 73.3 Å². The second-order valence-corrected chi connectivity index (χ2v) is 6.73. The van der Waals surface area contributed by atoms with Gasteiger partial charge in [0.25, 0.3) is 0 Å². The van der Waals surface area contributed by atoms with Crippen molar-refractivity contribution < 1.29 is 0 Å². The molecule has 0 nitrogen and oxygen atoms in total. The zero-order chi connectivity index (χ0) is 11.7. The third kappa shape index (κ3) is 2.78. The lowest BCUT2D eigenvalue weighted by Gasteiger charge is -2.07. The first-order valence-corrected chi connectivity index (χ1v) is 7.65. The number of halogens is 4. The van der Waals surface area contributed by atoms with E-state index < -0.39 is 0 Å². The van der Waals surface area contributed by atoms with E-state index in [1.807, 2.05) is 18.2 Å². The summed E-state index contributed by atoms with van der Waals surface area (Å²) in [6, 6.07) is 12.4. The Morgan fingerprint density at radius 1 is 0.625 bits per heavy atom. The topological polar surface area (TPSA) is 0 Å². The van der Waals surface area contributed by atoms with E-state index in [-0.39, 0.29) is 0 Å². The minimum Gasteiger partial charge on any atom is -0.0531 e. The van der Waals surface area contributed by atoms with Gasteiger partial charge in [0, 0.05) is 17.9 Å². The van der Waals surface area contributed by atoms with Gasteiger partial charge in [0.1, 0.15) is 0 Å². The van der Waals surface area contributed by atoms with Crippen LogP contribution in [0.5, 0.6) is 0 Å². The molecule has 82 valence electrons. The monoisotopic (exact) mass is 466 g/mol. The molecule has 16 heavy (non-hydrogen) atoms. The van der Waals surface area contributed by atoms with Crippen LogP contribution in [0.2, 0.25) is 0 Å². The van der Waals surface area contributed by atoms with Gasteiger partial charge in [-0.15, -0.1) is 0 Å². The van der Waals surface area contributed by atoms with E-state index in [2.05, 4.69) is 81.9 Å². The molecular weight excluding hydrogens is 464 g/mol. The largest absolute Gasteiger partial charge is 0.0531 e. The SMILES string of the molecule is Brc1ccc(Br)c(-c2ccc(Br)c(Br)c2)c1. The average Bonchev–Trinajstić information content (AvgIpc) is 2.26. The molecule has 0 bridgehead atoms. The lowest BCUT2D eigenvalue weighted by atomic mass is 10.1. The average molecular weight is 470 g/mol. The van der Waals surface area contributed by atoms with Gasteiger partial charge >= 0.3 is 0 Å². The van der Waals surface area contributed by atoms with E-state index in [0.717, 1.165) is 17.9 Å². The Kier molecular flexibility index (Phi) is 4.27. The molecule has 0 radical (unpaired) electrons. The molecule has 2 aromatic rings. The molecular formula is C12H6Br4. The third-order valence-electron chi connectivity index (χ3n) is 2.16. The van der Waals surface area contributed by atoms with Gasteiger partial charge in [-0.2, -0.15) is 0 Å². The van der Waals surface area contributed by atoms with Crippen LogP contribution in [0.15, 0.2) is 54.3 Å². The summed E-state index contributed by atoms with van der Waals surface area (Å²) in [5, 5.41) is 0. The highest BCUT2D eigenvalue weighted by Crippen LogP contribution is 2.34. The summed E-state index contributed by atoms with van der Waals surface area (Å²) < 4.78 is 4.27. The van der Waals surface area contributed by atoms with Gasteiger partial charge in [-0.1, -0.05) is 37.9 Å². The number of hydrogen-bond acceptors (Lipinski definition) is 0. The zero-order valence-corrected chi connectivity index (χ0v) is 14.3. The van der Waals surface area contributed by atoms with Crippen molar-refractivity contribution in [2.45, 2.75) is 0 Å². The molecule has 0 atom stereocenters. The standard InChI is InChI=1S/C12H6Br4/c13-8-2-4-10(14)9(6-8)7-1-3-11(15)12(16)5-7/h1-6H. The van der Waals surface area contributed by atoms with Crippen LogP contribution in [0.3, 0.4) is 0 Å². The van der Waals surface area contributed by atoms with Crippen LogP contribution in [-0.4, -0.2) is 0 Å². The Balaban J connectivity index is 2.58. The fraction of sp³-hybridized carbons (Fsp3) is 0. The molecule has 0 fully saturated rings. The molecule has 0 saturated heterocycles. The van der Waals surface area contributed by atoms with Crippen molar-refractivity contribution in [2.75, 3.05) is 0 Å². The number of benzene rings is 2. The maximum Gasteiger partial charge on any atom is 0.0323 e. The quantitative estimate of drug-likeness (QED) is 0.453. The van der Waals surface area contributed by atoms with Crippen LogP contribution >= 0.6 is 63.7 Å². The summed E-state index contributed by atoms with van der Waals surface area (Å²) in [5.74, 6) is 0. The third-order valence-corrected chi connectivity index (χ3v) is 5.22. The van der Waals surface area contributed by atoms with Gasteiger partial charge in [0.2, 0.25) is 0 Å². The fourth-order valence-corrected chi connectivity index (χ4v) is 2.84. The van der Waals surface area contributed by atoms with E-state index in [9.17, 15) is 0 Å². The second kappa shape index (κ2) is 5.34. The van der Waals surface area contributed by atoms with Crippen LogP contribution in [0.4, 0.5) is 0 Å². The van der Waals surface area contributed by atoms with Crippen molar-refractivity contribution in [3.05, 3.63) is 54.3 Å². The van der Waals surface area contributed by atoms with Crippen molar-refractivity contribution in [1.29, 1.82) is 0 Å². The second-order valence-electron chi connectivity index (χ2n) is 3.25. The highest BCUT2D eigenvalue weighted by molar-refractivity contribution is 9.13. The predicted molar refractivity (Wildman–Crippen MR) is 82.7 cm³/mol. The van der Waals surface area contributed by atoms with E-state index in [1.165, 1.54) is 11.1 Å². The minimum atomic E-state index is 1.05. The smallest absolute Gasteiger partial charge is 0.0323 e. The zero-order valence-electron chi connectivity index (χ0n) is 7.98. The Labute approximate surface area is 128 Å². The molecule has 0 aliphatic rings. The Bertz CT molecular complexity index is 535. The summed E-state index contributed by atoms with van der Waals surface area (Å²) in [6.45, 7) is 0. The maximum atomic E-state index is 3.56. The van der Waals surface area contributed by atoms with Gasteiger partial charge in [-0.3, -0.25) is 0 Å². The highest BCUT2D eigenvalue weighted by atomic mass is 79.9. The molecule has 0 unspecified atom stereocenters. The lowest BCUT2D eigenvalue weighted by Crippen LogP contribution is -1.81. The number of hydrogen-bond donors (Lipinski definition) is 0. The first-order chi connectivity index (χ1) is 7.58. The first-order valence-electron chi connectivity index (χ1n) is 4.48.